The highest BCUT2D eigenvalue weighted by atomic mass is 16.6. The molecule has 1 aromatic carbocycles. The Bertz CT molecular complexity index is 822. The number of pyridine rings is 1. The molecule has 0 fully saturated rings. The van der Waals surface area contributed by atoms with Crippen LogP contribution in [0.1, 0.15) is 22.5 Å². The highest BCUT2D eigenvalue weighted by molar-refractivity contribution is 6.05. The van der Waals surface area contributed by atoms with Crippen molar-refractivity contribution in [2.75, 3.05) is 17.7 Å². The van der Waals surface area contributed by atoms with Crippen LogP contribution in [0.4, 0.5) is 17.1 Å². The first-order valence-electron chi connectivity index (χ1n) is 7.35. The normalized spacial score (nSPS) is 10.1. The Kier molecular flexibility index (Phi) is 5.62. The average molecular weight is 344 g/mol. The molecule has 0 bridgehead atoms. The maximum atomic E-state index is 12.4. The highest BCUT2D eigenvalue weighted by Crippen LogP contribution is 2.25. The number of aliphatic carboxylic acids is 1. The van der Waals surface area contributed by atoms with Gasteiger partial charge in [0.05, 0.1) is 22.7 Å². The second-order valence-electron chi connectivity index (χ2n) is 5.08. The lowest BCUT2D eigenvalue weighted by molar-refractivity contribution is -0.384. The molecular weight excluding hydrogens is 328 g/mol. The van der Waals surface area contributed by atoms with Crippen LogP contribution < -0.4 is 10.6 Å². The van der Waals surface area contributed by atoms with Crippen molar-refractivity contribution < 1.29 is 19.6 Å². The van der Waals surface area contributed by atoms with Crippen molar-refractivity contribution in [1.29, 1.82) is 0 Å². The molecule has 0 spiro atoms. The summed E-state index contributed by atoms with van der Waals surface area (Å²) in [6.45, 7) is 0. The third-order valence-electron chi connectivity index (χ3n) is 3.44. The number of hydrogen-bond donors (Lipinski definition) is 3. The zero-order valence-electron chi connectivity index (χ0n) is 13.4. The van der Waals surface area contributed by atoms with E-state index in [0.717, 1.165) is 0 Å². The van der Waals surface area contributed by atoms with Crippen LogP contribution in [-0.4, -0.2) is 33.9 Å². The van der Waals surface area contributed by atoms with Gasteiger partial charge in [-0.1, -0.05) is 0 Å². The maximum absolute atomic E-state index is 12.4. The first kappa shape index (κ1) is 17.9. The summed E-state index contributed by atoms with van der Waals surface area (Å²) in [5.41, 5.74) is 0.991. The highest BCUT2D eigenvalue weighted by Gasteiger charge is 2.18. The largest absolute Gasteiger partial charge is 0.481 e. The summed E-state index contributed by atoms with van der Waals surface area (Å²) in [6, 6.07) is 7.28. The Morgan fingerprint density at radius 1 is 1.28 bits per heavy atom. The number of nitrogens with one attached hydrogen (secondary N) is 2. The van der Waals surface area contributed by atoms with Crippen molar-refractivity contribution in [3.8, 4) is 0 Å². The van der Waals surface area contributed by atoms with E-state index in [4.69, 9.17) is 5.11 Å². The minimum Gasteiger partial charge on any atom is -0.481 e. The average Bonchev–Trinajstić information content (AvgIpc) is 2.60. The Morgan fingerprint density at radius 3 is 2.68 bits per heavy atom. The summed E-state index contributed by atoms with van der Waals surface area (Å²) in [5, 5.41) is 25.2. The number of aryl methyl sites for hydroxylation is 1. The summed E-state index contributed by atoms with van der Waals surface area (Å²) in [4.78, 5) is 37.7. The van der Waals surface area contributed by atoms with E-state index in [1.165, 1.54) is 24.4 Å². The summed E-state index contributed by atoms with van der Waals surface area (Å²) < 4.78 is 0. The molecule has 3 N–H and O–H groups in total. The van der Waals surface area contributed by atoms with E-state index in [1.807, 2.05) is 0 Å². The molecule has 0 aliphatic carbocycles. The second kappa shape index (κ2) is 7.86. The molecule has 9 nitrogen and oxygen atoms in total. The number of benzene rings is 1. The number of rotatable bonds is 7. The van der Waals surface area contributed by atoms with Gasteiger partial charge in [0.1, 0.15) is 5.69 Å². The zero-order valence-corrected chi connectivity index (χ0v) is 13.4. The maximum Gasteiger partial charge on any atom is 0.303 e. The minimum atomic E-state index is -0.971. The van der Waals surface area contributed by atoms with Gasteiger partial charge in [-0.25, -0.2) is 0 Å². The van der Waals surface area contributed by atoms with Gasteiger partial charge in [0, 0.05) is 31.3 Å². The summed E-state index contributed by atoms with van der Waals surface area (Å²) in [6.07, 6.45) is 1.53. The van der Waals surface area contributed by atoms with Crippen LogP contribution in [0.25, 0.3) is 0 Å². The van der Waals surface area contributed by atoms with Gasteiger partial charge in [-0.05, 0) is 24.3 Å². The lowest BCUT2D eigenvalue weighted by atomic mass is 10.1. The van der Waals surface area contributed by atoms with Crippen LogP contribution in [0.2, 0.25) is 0 Å². The topological polar surface area (TPSA) is 134 Å². The number of hydrogen-bond acceptors (Lipinski definition) is 6. The van der Waals surface area contributed by atoms with Gasteiger partial charge in [0.2, 0.25) is 0 Å². The molecule has 130 valence electrons. The van der Waals surface area contributed by atoms with Crippen molar-refractivity contribution in [1.82, 2.24) is 4.98 Å². The molecule has 0 saturated carbocycles. The molecule has 1 heterocycles. The van der Waals surface area contributed by atoms with Gasteiger partial charge in [-0.15, -0.1) is 0 Å². The number of nitro groups is 1. The molecule has 2 rings (SSSR count). The lowest BCUT2D eigenvalue weighted by Gasteiger charge is -2.10. The Hall–Kier alpha value is -3.49. The number of nitro benzene ring substituents is 1. The predicted molar refractivity (Wildman–Crippen MR) is 90.8 cm³/mol. The van der Waals surface area contributed by atoms with Gasteiger partial charge in [-0.3, -0.25) is 24.7 Å². The van der Waals surface area contributed by atoms with Crippen molar-refractivity contribution in [3.63, 3.8) is 0 Å². The van der Waals surface area contributed by atoms with E-state index >= 15 is 0 Å². The van der Waals surface area contributed by atoms with Gasteiger partial charge in [-0.2, -0.15) is 0 Å². The summed E-state index contributed by atoms with van der Waals surface area (Å²) in [7, 11) is 1.55. The van der Waals surface area contributed by atoms with Gasteiger partial charge >= 0.3 is 5.97 Å². The molecule has 1 amide bonds. The third kappa shape index (κ3) is 4.50. The van der Waals surface area contributed by atoms with Crippen LogP contribution in [0.3, 0.4) is 0 Å². The minimum absolute atomic E-state index is 0.110. The van der Waals surface area contributed by atoms with Crippen molar-refractivity contribution in [2.24, 2.45) is 0 Å². The Balaban J connectivity index is 2.24. The molecule has 0 radical (unpaired) electrons. The molecule has 25 heavy (non-hydrogen) atoms. The van der Waals surface area contributed by atoms with E-state index in [9.17, 15) is 19.7 Å². The fourth-order valence-corrected chi connectivity index (χ4v) is 2.21. The van der Waals surface area contributed by atoms with Gasteiger partial charge in [0.25, 0.3) is 11.6 Å². The van der Waals surface area contributed by atoms with Crippen molar-refractivity contribution in [3.05, 3.63) is 57.9 Å². The number of carboxylic acids is 1. The monoisotopic (exact) mass is 344 g/mol. The van der Waals surface area contributed by atoms with Crippen molar-refractivity contribution >= 4 is 28.9 Å². The number of anilines is 2. The zero-order chi connectivity index (χ0) is 18.4. The van der Waals surface area contributed by atoms with E-state index in [-0.39, 0.29) is 24.1 Å². The van der Waals surface area contributed by atoms with E-state index < -0.39 is 16.8 Å². The number of carbonyl (C=O) groups is 2. The van der Waals surface area contributed by atoms with E-state index in [1.54, 1.807) is 19.2 Å². The second-order valence-corrected chi connectivity index (χ2v) is 5.08. The SMILES string of the molecule is CNc1ccc(C(=O)Nc2cccnc2CCC(=O)O)cc1[N+](=O)[O-]. The molecule has 0 saturated heterocycles. The first-order valence-corrected chi connectivity index (χ1v) is 7.35. The van der Waals surface area contributed by atoms with Crippen LogP contribution in [-0.2, 0) is 11.2 Å². The fourth-order valence-electron chi connectivity index (χ4n) is 2.21. The summed E-state index contributed by atoms with van der Waals surface area (Å²) in [5.74, 6) is -1.52. The predicted octanol–water partition coefficient (Wildman–Crippen LogP) is 2.30. The third-order valence-corrected chi connectivity index (χ3v) is 3.44. The Labute approximate surface area is 142 Å². The van der Waals surface area contributed by atoms with Crippen LogP contribution in [0, 0.1) is 10.1 Å². The van der Waals surface area contributed by atoms with E-state index in [2.05, 4.69) is 15.6 Å². The Morgan fingerprint density at radius 2 is 2.04 bits per heavy atom. The molecular formula is C16H16N4O5. The molecule has 1 aromatic heterocycles. The summed E-state index contributed by atoms with van der Waals surface area (Å²) >= 11 is 0. The number of carboxylic acid groups (broad SMARTS) is 1. The van der Waals surface area contributed by atoms with Crippen LogP contribution in [0.5, 0.6) is 0 Å². The molecule has 9 heteroatoms. The van der Waals surface area contributed by atoms with Crippen LogP contribution >= 0.6 is 0 Å². The van der Waals surface area contributed by atoms with Gasteiger partial charge in [0.15, 0.2) is 0 Å². The van der Waals surface area contributed by atoms with E-state index in [0.29, 0.717) is 17.1 Å². The van der Waals surface area contributed by atoms with Crippen molar-refractivity contribution in [2.45, 2.75) is 12.8 Å². The number of carbonyl (C=O) groups excluding carboxylic acids is 1. The standard InChI is InChI=1S/C16H16N4O5/c1-17-13-5-4-10(9-14(13)20(24)25)16(23)19-12-3-2-8-18-11(12)6-7-15(21)22/h2-5,8-9,17H,6-7H2,1H3,(H,19,23)(H,21,22). The van der Waals surface area contributed by atoms with Gasteiger partial charge < -0.3 is 15.7 Å². The molecule has 2 aromatic rings. The van der Waals surface area contributed by atoms with Crippen LogP contribution in [0.15, 0.2) is 36.5 Å². The smallest absolute Gasteiger partial charge is 0.303 e. The molecule has 0 aliphatic rings. The lowest BCUT2D eigenvalue weighted by Crippen LogP contribution is -2.15. The molecule has 0 atom stereocenters. The number of aromatic nitrogens is 1. The quantitative estimate of drug-likeness (QED) is 0.518. The first-order chi connectivity index (χ1) is 11.9. The number of amides is 1. The molecule has 0 aliphatic heterocycles. The molecule has 0 unspecified atom stereocenters. The fraction of sp³-hybridized carbons (Fsp3) is 0.188. The number of nitrogens with zero attached hydrogens (tertiary/aromatic N) is 2.